The van der Waals surface area contributed by atoms with Crippen LogP contribution < -0.4 is 0 Å². The van der Waals surface area contributed by atoms with Gasteiger partial charge in [-0.15, -0.1) is 0 Å². The maximum atomic E-state index is 11.6. The second kappa shape index (κ2) is 44.7. The van der Waals surface area contributed by atoms with Crippen molar-refractivity contribution in [3.63, 3.8) is 0 Å². The summed E-state index contributed by atoms with van der Waals surface area (Å²) in [5.74, 6) is 5.12. The van der Waals surface area contributed by atoms with Crippen LogP contribution in [0.15, 0.2) is 93.2 Å². The molecule has 6 nitrogen and oxygen atoms in total. The lowest BCUT2D eigenvalue weighted by molar-refractivity contribution is -0.122. The number of Topliss-reactive ketones (excluding diaryl/α,β-unsaturated/α-hetero) is 3. The Labute approximate surface area is 499 Å². The number of allylic oxidation sites excluding steroid dienone is 16. The molecule has 0 heterocycles. The van der Waals surface area contributed by atoms with E-state index < -0.39 is 0 Å². The number of carbonyl (C=O) groups excluding carboxylic acids is 5. The number of ketones is 5. The highest BCUT2D eigenvalue weighted by Gasteiger charge is 2.34. The van der Waals surface area contributed by atoms with E-state index in [9.17, 15) is 29.1 Å². The highest BCUT2D eigenvalue weighted by Crippen LogP contribution is 2.35. The van der Waals surface area contributed by atoms with Gasteiger partial charge in [0.05, 0.1) is 6.10 Å². The molecule has 6 heteroatoms. The fourth-order valence-corrected chi connectivity index (χ4v) is 12.3. The number of carbonyl (C=O) groups is 5. The summed E-state index contributed by atoms with van der Waals surface area (Å²) in [5.41, 5.74) is 11.3. The standard InChI is InChI=1S/C20H34O.C20H32O.C13H22O2.2C11H18O/c2*1-16(2)8-5-9-17(3)10-6-11-18(4)14-15-19-12-7-13-20(19)21;1-3-4-5-6-12-11(9-10(2)14)7-8-13(12)15;1-8(2)4-10-5-9(3)6-11(12)7-10;1-3-4-5-10-6-9(2)7-11(12)8-10/h8,10,14,19-21H,5-7,9,11-13,15H2,1-4H3;8,10,14,19H,5-7,9,11-13,15H2,1-4H3;11-12H,3-9H2,1-2H3;6,8,10H,4-5,7H2,1-3H3;7,10H,3-6,8H2,1-2H3/b2*17-10+,18-14+;;;. The molecule has 0 aromatic heterocycles. The molecule has 1 N–H and O–H groups in total. The van der Waals surface area contributed by atoms with Crippen LogP contribution >= 0.6 is 0 Å². The van der Waals surface area contributed by atoms with E-state index >= 15 is 0 Å². The zero-order valence-corrected chi connectivity index (χ0v) is 55.1. The highest BCUT2D eigenvalue weighted by molar-refractivity contribution is 5.91. The monoisotopic (exact) mass is 1120 g/mol. The van der Waals surface area contributed by atoms with Crippen LogP contribution in [0.5, 0.6) is 0 Å². The fraction of sp³-hybridized carbons (Fsp3) is 0.720. The maximum Gasteiger partial charge on any atom is 0.155 e. The average Bonchev–Trinajstić information content (AvgIpc) is 4.11. The van der Waals surface area contributed by atoms with Crippen molar-refractivity contribution in [3.8, 4) is 0 Å². The van der Waals surface area contributed by atoms with E-state index in [-0.39, 0.29) is 17.8 Å². The third-order valence-electron chi connectivity index (χ3n) is 17.0. The molecule has 81 heavy (non-hydrogen) atoms. The highest BCUT2D eigenvalue weighted by atomic mass is 16.3. The summed E-state index contributed by atoms with van der Waals surface area (Å²) in [5, 5.41) is 9.83. The summed E-state index contributed by atoms with van der Waals surface area (Å²) in [6.45, 7) is 32.1. The molecule has 3 fully saturated rings. The predicted molar refractivity (Wildman–Crippen MR) is 348 cm³/mol. The molecule has 5 rings (SSSR count). The molecular formula is C75H124O6. The molecule has 3 saturated carbocycles. The smallest absolute Gasteiger partial charge is 0.155 e. The Morgan fingerprint density at radius 3 is 1.51 bits per heavy atom. The second-order valence-corrected chi connectivity index (χ2v) is 26.7. The van der Waals surface area contributed by atoms with E-state index in [1.165, 1.54) is 115 Å². The van der Waals surface area contributed by atoms with Gasteiger partial charge in [-0.2, -0.15) is 0 Å². The van der Waals surface area contributed by atoms with E-state index in [0.29, 0.717) is 71.5 Å². The maximum absolute atomic E-state index is 11.6. The van der Waals surface area contributed by atoms with Crippen molar-refractivity contribution < 1.29 is 29.1 Å². The van der Waals surface area contributed by atoms with Gasteiger partial charge >= 0.3 is 0 Å². The first-order valence-electron chi connectivity index (χ1n) is 32.9. The number of hydrogen-bond donors (Lipinski definition) is 1. The van der Waals surface area contributed by atoms with E-state index in [4.69, 9.17) is 0 Å². The third-order valence-corrected chi connectivity index (χ3v) is 17.0. The minimum absolute atomic E-state index is 0.0498. The van der Waals surface area contributed by atoms with Crippen molar-refractivity contribution >= 4 is 28.9 Å². The summed E-state index contributed by atoms with van der Waals surface area (Å²) >= 11 is 0. The van der Waals surface area contributed by atoms with E-state index in [0.717, 1.165) is 116 Å². The van der Waals surface area contributed by atoms with E-state index in [1.54, 1.807) is 13.0 Å². The Balaban J connectivity index is 0.000000516. The van der Waals surface area contributed by atoms with Gasteiger partial charge in [-0.3, -0.25) is 19.2 Å². The summed E-state index contributed by atoms with van der Waals surface area (Å²) < 4.78 is 0. The minimum atomic E-state index is -0.0498. The van der Waals surface area contributed by atoms with Crippen LogP contribution in [0.2, 0.25) is 0 Å². The van der Waals surface area contributed by atoms with Gasteiger partial charge in [0.1, 0.15) is 17.3 Å². The van der Waals surface area contributed by atoms with Gasteiger partial charge in [0, 0.05) is 43.9 Å². The van der Waals surface area contributed by atoms with Gasteiger partial charge in [0.2, 0.25) is 0 Å². The van der Waals surface area contributed by atoms with Gasteiger partial charge in [-0.1, -0.05) is 147 Å². The van der Waals surface area contributed by atoms with Crippen LogP contribution in [0.3, 0.4) is 0 Å². The third kappa shape index (κ3) is 38.7. The molecule has 7 unspecified atom stereocenters. The molecule has 0 amide bonds. The number of hydrogen-bond acceptors (Lipinski definition) is 6. The van der Waals surface area contributed by atoms with Crippen molar-refractivity contribution in [2.45, 2.75) is 309 Å². The van der Waals surface area contributed by atoms with Gasteiger partial charge in [0.15, 0.2) is 11.6 Å². The zero-order valence-electron chi connectivity index (χ0n) is 55.1. The Morgan fingerprint density at radius 1 is 0.543 bits per heavy atom. The first kappa shape index (κ1) is 75.2. The molecule has 0 aromatic rings. The second-order valence-electron chi connectivity index (χ2n) is 26.7. The first-order valence-corrected chi connectivity index (χ1v) is 32.9. The quantitative estimate of drug-likeness (QED) is 0.0649. The topological polar surface area (TPSA) is 106 Å². The summed E-state index contributed by atoms with van der Waals surface area (Å²) in [7, 11) is 0. The lowest BCUT2D eigenvalue weighted by Crippen LogP contribution is -2.17. The summed E-state index contributed by atoms with van der Waals surface area (Å²) in [6, 6.07) is 0. The Morgan fingerprint density at radius 2 is 1.05 bits per heavy atom. The van der Waals surface area contributed by atoms with Crippen LogP contribution in [0, 0.1) is 41.4 Å². The number of aliphatic hydroxyl groups excluding tert-OH is 1. The molecular weight excluding hydrogens is 997 g/mol. The number of aliphatic hydroxyl groups is 1. The molecule has 0 aliphatic heterocycles. The van der Waals surface area contributed by atoms with Crippen molar-refractivity contribution in [2.75, 3.05) is 0 Å². The zero-order chi connectivity index (χ0) is 60.7. The van der Waals surface area contributed by atoms with Crippen molar-refractivity contribution in [1.29, 1.82) is 0 Å². The molecule has 5 aliphatic carbocycles. The van der Waals surface area contributed by atoms with Crippen molar-refractivity contribution in [2.24, 2.45) is 41.4 Å². The first-order chi connectivity index (χ1) is 38.4. The number of unbranched alkanes of at least 4 members (excludes halogenated alkanes) is 3. The normalized spacial score (nSPS) is 23.2. The Bertz CT molecular complexity index is 2100. The molecule has 0 spiro atoms. The molecule has 460 valence electrons. The summed E-state index contributed by atoms with van der Waals surface area (Å²) in [4.78, 5) is 56.7. The Hall–Kier alpha value is -3.77. The molecule has 7 atom stereocenters. The fourth-order valence-electron chi connectivity index (χ4n) is 12.3. The van der Waals surface area contributed by atoms with Crippen molar-refractivity contribution in [1.82, 2.24) is 0 Å². The largest absolute Gasteiger partial charge is 0.393 e. The van der Waals surface area contributed by atoms with Crippen LogP contribution in [0.1, 0.15) is 303 Å². The van der Waals surface area contributed by atoms with Gasteiger partial charge in [0.25, 0.3) is 0 Å². The predicted octanol–water partition coefficient (Wildman–Crippen LogP) is 21.3. The van der Waals surface area contributed by atoms with Gasteiger partial charge in [-0.25, -0.2) is 0 Å². The lowest BCUT2D eigenvalue weighted by atomic mass is 9.83. The minimum Gasteiger partial charge on any atom is -0.393 e. The van der Waals surface area contributed by atoms with Gasteiger partial charge < -0.3 is 9.90 Å². The lowest BCUT2D eigenvalue weighted by Gasteiger charge is -2.21. The van der Waals surface area contributed by atoms with E-state index in [1.807, 2.05) is 6.08 Å². The molecule has 0 saturated heterocycles. The molecule has 0 aromatic carbocycles. The average molecular weight is 1120 g/mol. The van der Waals surface area contributed by atoms with Crippen LogP contribution in [0.4, 0.5) is 0 Å². The summed E-state index contributed by atoms with van der Waals surface area (Å²) in [6.07, 6.45) is 50.8. The van der Waals surface area contributed by atoms with Crippen LogP contribution in [-0.4, -0.2) is 40.1 Å². The SMILES string of the molecule is CC(C)=CCC/C(C)=C/CC/C(C)=C/CC1CCCC1=O.CC(C)=CCC/C(C)=C/CC/C(C)=C/CC1CCCC1O.CC1=CC(=O)CC(CC(C)C)C1.CCCCC1CC(=O)C=C(C)C1.CCCCCC1C(=O)CCC1CC(C)=O. The van der Waals surface area contributed by atoms with Gasteiger partial charge in [-0.05, 0) is 246 Å². The molecule has 5 aliphatic rings. The van der Waals surface area contributed by atoms with Crippen LogP contribution in [0.25, 0.3) is 0 Å². The number of rotatable bonds is 27. The van der Waals surface area contributed by atoms with Crippen LogP contribution in [-0.2, 0) is 24.0 Å². The molecule has 0 bridgehead atoms. The van der Waals surface area contributed by atoms with Crippen molar-refractivity contribution in [3.05, 3.63) is 93.2 Å². The Kier molecular flexibility index (Phi) is 41.5. The van der Waals surface area contributed by atoms with E-state index in [2.05, 4.69) is 133 Å². The molecule has 0 radical (unpaired) electrons.